The van der Waals surface area contributed by atoms with E-state index in [1.807, 2.05) is 19.1 Å². The lowest BCUT2D eigenvalue weighted by molar-refractivity contribution is -0.119. The van der Waals surface area contributed by atoms with E-state index in [1.54, 1.807) is 12.1 Å². The first kappa shape index (κ1) is 33.9. The van der Waals surface area contributed by atoms with Gasteiger partial charge in [0.2, 0.25) is 0 Å². The predicted octanol–water partition coefficient (Wildman–Crippen LogP) is 10.6. The Hall–Kier alpha value is -2.03. The van der Waals surface area contributed by atoms with Crippen LogP contribution in [0.15, 0.2) is 52.9 Å². The van der Waals surface area contributed by atoms with Gasteiger partial charge in [-0.2, -0.15) is 0 Å². The topological polar surface area (TPSA) is 55.8 Å². The third-order valence-corrected chi connectivity index (χ3v) is 11.5. The molecule has 2 aromatic rings. The summed E-state index contributed by atoms with van der Waals surface area (Å²) in [6.07, 6.45) is 8.41. The molecule has 0 aromatic heterocycles. The monoisotopic (exact) mass is 775 g/mol. The van der Waals surface area contributed by atoms with Crippen LogP contribution in [-0.2, 0) is 16.2 Å². The second-order valence-electron chi connectivity index (χ2n) is 15.0. The molecule has 4 aliphatic rings. The Morgan fingerprint density at radius 2 is 1.43 bits per heavy atom. The highest BCUT2D eigenvalue weighted by Gasteiger charge is 2.50. The van der Waals surface area contributed by atoms with Gasteiger partial charge in [0, 0.05) is 47.3 Å². The number of Topliss-reactive ketones (excluding diaryl/α,β-unsaturated/α-hetero) is 2. The van der Waals surface area contributed by atoms with Gasteiger partial charge in [-0.05, 0) is 101 Å². The van der Waals surface area contributed by atoms with Gasteiger partial charge in [0.05, 0.1) is 20.2 Å². The lowest BCUT2D eigenvalue weighted by Crippen LogP contribution is -2.48. The number of hydrogen-bond acceptors (Lipinski definition) is 5. The largest absolute Gasteiger partial charge is 0.490 e. The highest BCUT2D eigenvalue weighted by Crippen LogP contribution is 2.56. The second-order valence-corrected chi connectivity index (χ2v) is 17.0. The Kier molecular flexibility index (Phi) is 9.65. The van der Waals surface area contributed by atoms with Gasteiger partial charge in [-0.15, -0.1) is 0 Å². The van der Waals surface area contributed by atoms with Crippen molar-refractivity contribution in [2.75, 3.05) is 6.61 Å². The zero-order valence-electron chi connectivity index (χ0n) is 27.5. The normalized spacial score (nSPS) is 21.8. The van der Waals surface area contributed by atoms with E-state index in [1.165, 1.54) is 19.3 Å². The van der Waals surface area contributed by atoms with Crippen molar-refractivity contribution in [1.82, 2.24) is 4.90 Å². The van der Waals surface area contributed by atoms with Gasteiger partial charge >= 0.3 is 0 Å². The van der Waals surface area contributed by atoms with Gasteiger partial charge < -0.3 is 14.4 Å². The van der Waals surface area contributed by atoms with Gasteiger partial charge in [0.1, 0.15) is 6.61 Å². The van der Waals surface area contributed by atoms with Crippen LogP contribution in [0.3, 0.4) is 0 Å². The number of ketones is 2. The first-order chi connectivity index (χ1) is 21.8. The number of nitrogens with zero attached hydrogens (tertiary/aromatic N) is 1. The summed E-state index contributed by atoms with van der Waals surface area (Å²) in [7, 11) is 0. The molecule has 0 spiro atoms. The van der Waals surface area contributed by atoms with Crippen molar-refractivity contribution in [2.45, 2.75) is 111 Å². The van der Waals surface area contributed by atoms with Crippen LogP contribution < -0.4 is 9.47 Å². The molecule has 0 unspecified atom stereocenters. The molecule has 0 amide bonds. The maximum absolute atomic E-state index is 14.3. The van der Waals surface area contributed by atoms with E-state index in [9.17, 15) is 9.59 Å². The zero-order valence-corrected chi connectivity index (χ0v) is 31.2. The van der Waals surface area contributed by atoms with Crippen LogP contribution in [0, 0.1) is 14.4 Å². The summed E-state index contributed by atoms with van der Waals surface area (Å²) in [6, 6.07) is 9.88. The predicted molar refractivity (Wildman–Crippen MR) is 193 cm³/mol. The first-order valence-electron chi connectivity index (χ1n) is 16.6. The molecular weight excluding hydrogens is 732 g/mol. The molecule has 3 aliphatic carbocycles. The number of halogens is 3. The van der Waals surface area contributed by atoms with E-state index in [4.69, 9.17) is 32.7 Å². The molecule has 1 saturated carbocycles. The van der Waals surface area contributed by atoms with E-state index in [2.05, 4.69) is 61.3 Å². The number of carbonyl (C=O) groups is 2. The van der Waals surface area contributed by atoms with Crippen molar-refractivity contribution in [1.29, 1.82) is 0 Å². The van der Waals surface area contributed by atoms with Crippen molar-refractivity contribution in [3.05, 3.63) is 77.6 Å². The molecule has 1 aliphatic heterocycles. The van der Waals surface area contributed by atoms with Crippen LogP contribution in [0.5, 0.6) is 11.5 Å². The molecule has 1 heterocycles. The van der Waals surface area contributed by atoms with Crippen molar-refractivity contribution in [3.63, 3.8) is 0 Å². The van der Waals surface area contributed by atoms with Gasteiger partial charge in [-0.3, -0.25) is 9.59 Å². The molecule has 5 nitrogen and oxygen atoms in total. The van der Waals surface area contributed by atoms with E-state index < -0.39 is 5.92 Å². The fourth-order valence-electron chi connectivity index (χ4n) is 8.05. The molecule has 0 atom stereocenters. The summed E-state index contributed by atoms with van der Waals surface area (Å²) in [4.78, 5) is 31.2. The summed E-state index contributed by atoms with van der Waals surface area (Å²) < 4.78 is 13.4. The summed E-state index contributed by atoms with van der Waals surface area (Å²) >= 11 is 14.7. The zero-order chi connectivity index (χ0) is 33.0. The van der Waals surface area contributed by atoms with Crippen molar-refractivity contribution < 1.29 is 19.1 Å². The maximum Gasteiger partial charge on any atom is 0.174 e. The molecule has 1 fully saturated rings. The van der Waals surface area contributed by atoms with Crippen LogP contribution in [-0.4, -0.2) is 29.1 Å². The van der Waals surface area contributed by atoms with Gasteiger partial charge in [-0.25, -0.2) is 0 Å². The van der Waals surface area contributed by atoms with Crippen molar-refractivity contribution in [2.24, 2.45) is 10.8 Å². The average molecular weight is 777 g/mol. The van der Waals surface area contributed by atoms with Gasteiger partial charge in [-0.1, -0.05) is 76.2 Å². The molecule has 0 saturated heterocycles. The molecule has 8 heteroatoms. The molecule has 0 radical (unpaired) electrons. The van der Waals surface area contributed by atoms with Gasteiger partial charge in [0.25, 0.3) is 0 Å². The quantitative estimate of drug-likeness (QED) is 0.262. The second kappa shape index (κ2) is 13.1. The molecule has 6 rings (SSSR count). The van der Waals surface area contributed by atoms with Crippen LogP contribution in [0.25, 0.3) is 0 Å². The molecule has 0 N–H and O–H groups in total. The van der Waals surface area contributed by atoms with Crippen LogP contribution >= 0.6 is 45.8 Å². The summed E-state index contributed by atoms with van der Waals surface area (Å²) in [5.74, 6) is 1.14. The molecular formula is C38H44Cl2INO4. The summed E-state index contributed by atoms with van der Waals surface area (Å²) in [6.45, 7) is 11.5. The average Bonchev–Trinajstić information content (AvgIpc) is 2.96. The molecule has 0 bridgehead atoms. The third-order valence-electron chi connectivity index (χ3n) is 9.92. The minimum absolute atomic E-state index is 0.146. The lowest BCUT2D eigenvalue weighted by atomic mass is 9.63. The SMILES string of the molecule is CCOc1cc(C2C3=C(CC(C)(C)CC3=O)N(C3CCCCC3)C3=C2C(=O)CC(C)(C)C3)cc(I)c1OCc1ccc(Cl)c(Cl)c1. The Morgan fingerprint density at radius 1 is 0.826 bits per heavy atom. The number of allylic oxidation sites excluding steroid dienone is 4. The van der Waals surface area contributed by atoms with E-state index in [0.717, 1.165) is 62.9 Å². The smallest absolute Gasteiger partial charge is 0.174 e. The maximum atomic E-state index is 14.3. The van der Waals surface area contributed by atoms with Crippen LogP contribution in [0.2, 0.25) is 10.0 Å². The Bertz CT molecular complexity index is 1580. The number of benzene rings is 2. The minimum Gasteiger partial charge on any atom is -0.490 e. The molecule has 46 heavy (non-hydrogen) atoms. The van der Waals surface area contributed by atoms with Crippen molar-refractivity contribution >= 4 is 57.4 Å². The molecule has 2 aromatic carbocycles. The third kappa shape index (κ3) is 6.64. The Balaban J connectivity index is 1.50. The highest BCUT2D eigenvalue weighted by atomic mass is 127. The van der Waals surface area contributed by atoms with E-state index in [0.29, 0.717) is 47.0 Å². The fourth-order valence-corrected chi connectivity index (χ4v) is 9.15. The Morgan fingerprint density at radius 3 is 2.00 bits per heavy atom. The van der Waals surface area contributed by atoms with Crippen LogP contribution in [0.4, 0.5) is 0 Å². The standard InChI is InChI=1S/C38H44Cl2INO4/c1-6-45-32-16-23(15-27(41)36(32)46-21-22-12-13-25(39)26(40)14-22)33-34-28(17-37(2,3)19-30(34)43)42(24-10-8-7-9-11-24)29-18-38(4,5)20-31(44)35(29)33/h12-16,24,33H,6-11,17-21H2,1-5H3. The first-order valence-corrected chi connectivity index (χ1v) is 18.5. The lowest BCUT2D eigenvalue weighted by Gasteiger charge is -2.52. The number of hydrogen-bond donors (Lipinski definition) is 0. The summed E-state index contributed by atoms with van der Waals surface area (Å²) in [5.41, 5.74) is 5.45. The number of rotatable bonds is 7. The summed E-state index contributed by atoms with van der Waals surface area (Å²) in [5, 5.41) is 0.976. The number of ether oxygens (including phenoxy) is 2. The van der Waals surface area contributed by atoms with Crippen molar-refractivity contribution in [3.8, 4) is 11.5 Å². The molecule has 246 valence electrons. The minimum atomic E-state index is -0.422. The van der Waals surface area contributed by atoms with Crippen LogP contribution in [0.1, 0.15) is 109 Å². The van der Waals surface area contributed by atoms with Gasteiger partial charge in [0.15, 0.2) is 23.1 Å². The fraction of sp³-hybridized carbons (Fsp3) is 0.526. The van der Waals surface area contributed by atoms with E-state index in [-0.39, 0.29) is 29.0 Å². The van der Waals surface area contributed by atoms with E-state index >= 15 is 0 Å². The Labute approximate surface area is 297 Å². The number of carbonyl (C=O) groups excluding carboxylic acids is 2. The highest BCUT2D eigenvalue weighted by molar-refractivity contribution is 14.1.